The summed E-state index contributed by atoms with van der Waals surface area (Å²) in [5.41, 5.74) is -2.19. The molecule has 0 amide bonds. The van der Waals surface area contributed by atoms with E-state index >= 15 is 0 Å². The molecule has 1 aliphatic carbocycles. The molecule has 174 valence electrons. The van der Waals surface area contributed by atoms with E-state index in [1.807, 2.05) is 27.7 Å². The summed E-state index contributed by atoms with van der Waals surface area (Å²) in [5, 5.41) is 0. The highest BCUT2D eigenvalue weighted by atomic mass is 32.2. The van der Waals surface area contributed by atoms with Gasteiger partial charge < -0.3 is 9.29 Å². The van der Waals surface area contributed by atoms with Crippen molar-refractivity contribution in [3.05, 3.63) is 53.5 Å². The predicted molar refractivity (Wildman–Crippen MR) is 114 cm³/mol. The molecule has 1 aromatic heterocycles. The number of epoxide rings is 1. The third-order valence-electron chi connectivity index (χ3n) is 6.12. The quantitative estimate of drug-likeness (QED) is 0.351. The number of benzene rings is 1. The van der Waals surface area contributed by atoms with Gasteiger partial charge in [-0.2, -0.15) is 13.2 Å². The van der Waals surface area contributed by atoms with Crippen molar-refractivity contribution in [3.63, 3.8) is 0 Å². The monoisotopic (exact) mass is 470 g/mol. The van der Waals surface area contributed by atoms with E-state index in [4.69, 9.17) is 4.74 Å². The van der Waals surface area contributed by atoms with Crippen molar-refractivity contribution < 1.29 is 26.9 Å². The third kappa shape index (κ3) is 4.27. The van der Waals surface area contributed by atoms with Crippen LogP contribution in [0.3, 0.4) is 0 Å². The first-order valence-electron chi connectivity index (χ1n) is 10.5. The zero-order valence-electron chi connectivity index (χ0n) is 18.3. The Bertz CT molecular complexity index is 999. The summed E-state index contributed by atoms with van der Waals surface area (Å²) in [6, 6.07) is 8.56. The summed E-state index contributed by atoms with van der Waals surface area (Å²) in [6.45, 7) is 6.87. The molecule has 0 radical (unpaired) electrons. The van der Waals surface area contributed by atoms with E-state index < -0.39 is 45.8 Å². The Hall–Kier alpha value is -1.68. The second-order valence-corrected chi connectivity index (χ2v) is 11.7. The molecule has 9 heteroatoms. The molecule has 0 spiro atoms. The van der Waals surface area contributed by atoms with Crippen LogP contribution in [0.15, 0.2) is 36.4 Å². The van der Waals surface area contributed by atoms with Gasteiger partial charge in [-0.15, -0.1) is 4.72 Å². The second kappa shape index (κ2) is 7.68. The number of halogens is 4. The van der Waals surface area contributed by atoms with Gasteiger partial charge in [-0.3, -0.25) is 0 Å². The molecule has 2 aromatic rings. The van der Waals surface area contributed by atoms with Gasteiger partial charge in [0.1, 0.15) is 10.6 Å². The summed E-state index contributed by atoms with van der Waals surface area (Å²) < 4.78 is 75.5. The lowest BCUT2D eigenvalue weighted by Gasteiger charge is -2.36. The first-order chi connectivity index (χ1) is 14.8. The number of aromatic nitrogens is 1. The first-order valence-corrected chi connectivity index (χ1v) is 11.6. The van der Waals surface area contributed by atoms with Gasteiger partial charge in [0, 0.05) is 16.9 Å². The van der Waals surface area contributed by atoms with Crippen molar-refractivity contribution in [2.75, 3.05) is 6.61 Å². The molecule has 2 aliphatic rings. The van der Waals surface area contributed by atoms with Crippen LogP contribution in [0.25, 0.3) is 11.3 Å². The van der Waals surface area contributed by atoms with Gasteiger partial charge in [-0.1, -0.05) is 0 Å². The Morgan fingerprint density at radius 3 is 2.16 bits per heavy atom. The molecule has 2 heterocycles. The number of alkyl halides is 3. The Balaban J connectivity index is 1.86. The molecule has 3 unspecified atom stereocenters. The van der Waals surface area contributed by atoms with E-state index in [0.717, 1.165) is 12.8 Å². The molecule has 1 saturated heterocycles. The standard InChI is InChI=1S/C23H26F4N2O2S/c1-20(2,3)32(30)29-21(4,15-7-8-15)16-11-18(14-5-9-17(24)10-6-14)28-19(12-16)22(13-31-22)23(25,26)27/h5-6,9-12,15,29H,7-8,13H2,1-4H3. The number of pyridine rings is 1. The van der Waals surface area contributed by atoms with E-state index in [1.54, 1.807) is 6.07 Å². The fourth-order valence-corrected chi connectivity index (χ4v) is 4.69. The van der Waals surface area contributed by atoms with E-state index in [-0.39, 0.29) is 17.3 Å². The largest absolute Gasteiger partial charge is 0.598 e. The van der Waals surface area contributed by atoms with Crippen molar-refractivity contribution in [1.29, 1.82) is 0 Å². The molecule has 1 saturated carbocycles. The number of hydrogen-bond donors (Lipinski definition) is 1. The van der Waals surface area contributed by atoms with Crippen LogP contribution in [0.1, 0.15) is 51.8 Å². The van der Waals surface area contributed by atoms with E-state index in [2.05, 4.69) is 9.71 Å². The smallest absolute Gasteiger partial charge is 0.425 e. The molecular weight excluding hydrogens is 444 g/mol. The maximum Gasteiger partial charge on any atom is 0.425 e. The van der Waals surface area contributed by atoms with Gasteiger partial charge in [0.05, 0.1) is 23.5 Å². The van der Waals surface area contributed by atoms with Gasteiger partial charge in [-0.05, 0) is 88.4 Å². The molecule has 4 rings (SSSR count). The van der Waals surface area contributed by atoms with Crippen molar-refractivity contribution in [3.8, 4) is 11.3 Å². The first kappa shape index (κ1) is 23.5. The fourth-order valence-electron chi connectivity index (χ4n) is 3.72. The minimum atomic E-state index is -4.63. The highest BCUT2D eigenvalue weighted by molar-refractivity contribution is 7.90. The van der Waals surface area contributed by atoms with Gasteiger partial charge >= 0.3 is 6.18 Å². The van der Waals surface area contributed by atoms with Gasteiger partial charge in [-0.25, -0.2) is 9.37 Å². The van der Waals surface area contributed by atoms with Crippen LogP contribution in [0, 0.1) is 11.7 Å². The molecule has 0 bridgehead atoms. The zero-order chi connectivity index (χ0) is 23.5. The Labute approximate surface area is 188 Å². The SMILES string of the molecule is CC(N[S+]([O-])C(C)(C)C)(c1cc(-c2ccc(F)cc2)nc(C2(C(F)(F)F)CO2)c1)C1CC1. The number of nitrogens with zero attached hydrogens (tertiary/aromatic N) is 1. The predicted octanol–water partition coefficient (Wildman–Crippen LogP) is 5.35. The highest BCUT2D eigenvalue weighted by Crippen LogP contribution is 2.53. The lowest BCUT2D eigenvalue weighted by atomic mass is 9.86. The Morgan fingerprint density at radius 2 is 1.69 bits per heavy atom. The summed E-state index contributed by atoms with van der Waals surface area (Å²) in [6.07, 6.45) is -2.89. The molecule has 1 aliphatic heterocycles. The van der Waals surface area contributed by atoms with Crippen molar-refractivity contribution in [2.45, 2.75) is 62.6 Å². The summed E-state index contributed by atoms with van der Waals surface area (Å²) in [4.78, 5) is 4.28. The second-order valence-electron chi connectivity index (χ2n) is 9.71. The minimum absolute atomic E-state index is 0.118. The van der Waals surface area contributed by atoms with E-state index in [1.165, 1.54) is 30.3 Å². The minimum Gasteiger partial charge on any atom is -0.598 e. The zero-order valence-corrected chi connectivity index (χ0v) is 19.2. The van der Waals surface area contributed by atoms with Crippen LogP contribution in [0.4, 0.5) is 17.6 Å². The lowest BCUT2D eigenvalue weighted by Crippen LogP contribution is -2.51. The Kier molecular flexibility index (Phi) is 5.64. The van der Waals surface area contributed by atoms with Crippen LogP contribution in [0.2, 0.25) is 0 Å². The van der Waals surface area contributed by atoms with E-state index in [0.29, 0.717) is 11.1 Å². The van der Waals surface area contributed by atoms with Gasteiger partial charge in [0.25, 0.3) is 0 Å². The number of ether oxygens (including phenoxy) is 1. The molecular formula is C23H26F4N2O2S. The normalized spacial score (nSPS) is 24.2. The van der Waals surface area contributed by atoms with Gasteiger partial charge in [0.2, 0.25) is 5.60 Å². The summed E-state index contributed by atoms with van der Waals surface area (Å²) in [5.74, 6) is -0.334. The maximum absolute atomic E-state index is 13.9. The molecule has 2 fully saturated rings. The molecule has 1 aromatic carbocycles. The molecule has 4 nitrogen and oxygen atoms in total. The maximum atomic E-state index is 13.9. The fraction of sp³-hybridized carbons (Fsp3) is 0.522. The van der Waals surface area contributed by atoms with Gasteiger partial charge in [0.15, 0.2) is 0 Å². The van der Waals surface area contributed by atoms with Crippen LogP contribution >= 0.6 is 0 Å². The number of rotatable bonds is 6. The molecule has 1 N–H and O–H groups in total. The molecule has 32 heavy (non-hydrogen) atoms. The summed E-state index contributed by atoms with van der Waals surface area (Å²) >= 11 is -1.44. The van der Waals surface area contributed by atoms with E-state index in [9.17, 15) is 22.1 Å². The summed E-state index contributed by atoms with van der Waals surface area (Å²) in [7, 11) is 0. The highest BCUT2D eigenvalue weighted by Gasteiger charge is 2.68. The van der Waals surface area contributed by atoms with Crippen LogP contribution in [0.5, 0.6) is 0 Å². The van der Waals surface area contributed by atoms with Crippen molar-refractivity contribution in [2.24, 2.45) is 5.92 Å². The van der Waals surface area contributed by atoms with Crippen molar-refractivity contribution >= 4 is 11.4 Å². The van der Waals surface area contributed by atoms with Crippen LogP contribution in [-0.4, -0.2) is 27.1 Å². The molecule has 3 atom stereocenters. The average molecular weight is 471 g/mol. The topological polar surface area (TPSA) is 60.5 Å². The lowest BCUT2D eigenvalue weighted by molar-refractivity contribution is -0.188. The Morgan fingerprint density at radius 1 is 1.09 bits per heavy atom. The number of nitrogens with one attached hydrogen (secondary N) is 1. The van der Waals surface area contributed by atoms with Crippen molar-refractivity contribution in [1.82, 2.24) is 9.71 Å². The van der Waals surface area contributed by atoms with Crippen LogP contribution < -0.4 is 4.72 Å². The third-order valence-corrected chi connectivity index (χ3v) is 7.85. The van der Waals surface area contributed by atoms with Crippen LogP contribution in [-0.2, 0) is 27.2 Å². The number of hydrogen-bond acceptors (Lipinski definition) is 4. The average Bonchev–Trinajstić information content (AvgIpc) is 3.59.